The summed E-state index contributed by atoms with van der Waals surface area (Å²) in [6, 6.07) is 20.1. The Labute approximate surface area is 151 Å². The largest absolute Gasteiger partial charge is 0.496 e. The van der Waals surface area contributed by atoms with Crippen molar-refractivity contribution in [3.8, 4) is 16.9 Å². The minimum atomic E-state index is -0.405. The normalized spacial score (nSPS) is 10.5. The minimum Gasteiger partial charge on any atom is -0.496 e. The van der Waals surface area contributed by atoms with Crippen LogP contribution in [-0.4, -0.2) is 17.1 Å². The summed E-state index contributed by atoms with van der Waals surface area (Å²) in [6.07, 6.45) is 0.655. The predicted molar refractivity (Wildman–Crippen MR) is 100 cm³/mol. The molecule has 0 aromatic heterocycles. The fourth-order valence-electron chi connectivity index (χ4n) is 2.98. The van der Waals surface area contributed by atoms with Crippen molar-refractivity contribution in [2.45, 2.75) is 13.0 Å². The van der Waals surface area contributed by atoms with Gasteiger partial charge in [0.05, 0.1) is 18.6 Å². The monoisotopic (exact) mass is 349 g/mol. The van der Waals surface area contributed by atoms with Crippen molar-refractivity contribution in [3.05, 3.63) is 93.5 Å². The summed E-state index contributed by atoms with van der Waals surface area (Å²) in [4.78, 5) is 10.7. The van der Waals surface area contributed by atoms with Crippen molar-refractivity contribution in [2.75, 3.05) is 7.11 Å². The number of non-ortho nitro benzene ring substituents is 1. The molecule has 0 aliphatic carbocycles. The van der Waals surface area contributed by atoms with Gasteiger partial charge in [0.1, 0.15) is 5.75 Å². The first-order valence-corrected chi connectivity index (χ1v) is 8.21. The average molecular weight is 349 g/mol. The highest BCUT2D eigenvalue weighted by Crippen LogP contribution is 2.33. The third kappa shape index (κ3) is 3.73. The van der Waals surface area contributed by atoms with Crippen LogP contribution in [0.2, 0.25) is 0 Å². The Hall–Kier alpha value is -3.18. The molecule has 0 fully saturated rings. The highest BCUT2D eigenvalue weighted by molar-refractivity contribution is 5.73. The summed E-state index contributed by atoms with van der Waals surface area (Å²) in [5.41, 5.74) is 4.54. The molecule has 0 aliphatic rings. The van der Waals surface area contributed by atoms with Crippen molar-refractivity contribution in [3.63, 3.8) is 0 Å². The Bertz CT molecular complexity index is 937. The van der Waals surface area contributed by atoms with Gasteiger partial charge in [0, 0.05) is 17.7 Å². The fraction of sp³-hybridized carbons (Fsp3) is 0.143. The molecule has 3 aromatic carbocycles. The van der Waals surface area contributed by atoms with E-state index in [0.717, 1.165) is 27.8 Å². The molecule has 26 heavy (non-hydrogen) atoms. The molecule has 0 radical (unpaired) electrons. The van der Waals surface area contributed by atoms with E-state index < -0.39 is 4.92 Å². The highest BCUT2D eigenvalue weighted by atomic mass is 16.6. The zero-order valence-corrected chi connectivity index (χ0v) is 14.4. The van der Waals surface area contributed by atoms with Crippen LogP contribution >= 0.6 is 0 Å². The first kappa shape index (κ1) is 17.6. The van der Waals surface area contributed by atoms with Crippen molar-refractivity contribution in [1.29, 1.82) is 0 Å². The summed E-state index contributed by atoms with van der Waals surface area (Å²) in [5, 5.41) is 20.6. The number of aliphatic hydroxyl groups is 1. The molecule has 0 bridgehead atoms. The van der Waals surface area contributed by atoms with E-state index in [1.807, 2.05) is 48.5 Å². The number of nitro benzene ring substituents is 1. The Morgan fingerprint density at radius 1 is 1.00 bits per heavy atom. The van der Waals surface area contributed by atoms with Crippen LogP contribution in [0.1, 0.15) is 16.7 Å². The van der Waals surface area contributed by atoms with E-state index in [-0.39, 0.29) is 12.3 Å². The highest BCUT2D eigenvalue weighted by Gasteiger charge is 2.12. The van der Waals surface area contributed by atoms with Crippen LogP contribution in [0.4, 0.5) is 5.69 Å². The third-order valence-corrected chi connectivity index (χ3v) is 4.32. The Balaban J connectivity index is 2.02. The van der Waals surface area contributed by atoms with Gasteiger partial charge < -0.3 is 9.84 Å². The second-order valence-corrected chi connectivity index (χ2v) is 5.95. The molecule has 0 saturated carbocycles. The minimum absolute atomic E-state index is 0.00986. The average Bonchev–Trinajstić information content (AvgIpc) is 2.68. The van der Waals surface area contributed by atoms with E-state index in [9.17, 15) is 15.2 Å². The molecule has 132 valence electrons. The fourth-order valence-corrected chi connectivity index (χ4v) is 2.98. The van der Waals surface area contributed by atoms with Gasteiger partial charge in [-0.1, -0.05) is 42.5 Å². The topological polar surface area (TPSA) is 72.6 Å². The van der Waals surface area contributed by atoms with E-state index in [4.69, 9.17) is 4.74 Å². The molecule has 0 unspecified atom stereocenters. The summed E-state index contributed by atoms with van der Waals surface area (Å²) < 4.78 is 5.44. The molecule has 0 aliphatic heterocycles. The smallest absolute Gasteiger partial charge is 0.270 e. The maximum absolute atomic E-state index is 11.1. The van der Waals surface area contributed by atoms with Crippen molar-refractivity contribution in [1.82, 2.24) is 0 Å². The molecule has 3 aromatic rings. The van der Waals surface area contributed by atoms with Crippen LogP contribution in [0.5, 0.6) is 5.75 Å². The lowest BCUT2D eigenvalue weighted by Gasteiger charge is -2.12. The predicted octanol–water partition coefficient (Wildman–Crippen LogP) is 4.35. The third-order valence-electron chi connectivity index (χ3n) is 4.32. The zero-order chi connectivity index (χ0) is 18.5. The van der Waals surface area contributed by atoms with Gasteiger partial charge in [0.15, 0.2) is 0 Å². The van der Waals surface area contributed by atoms with Crippen LogP contribution in [0.25, 0.3) is 11.1 Å². The number of hydrogen-bond acceptors (Lipinski definition) is 4. The first-order chi connectivity index (χ1) is 12.6. The van der Waals surface area contributed by atoms with Gasteiger partial charge in [-0.25, -0.2) is 0 Å². The van der Waals surface area contributed by atoms with E-state index in [1.165, 1.54) is 6.07 Å². The summed E-state index contributed by atoms with van der Waals surface area (Å²) in [6.45, 7) is -0.00986. The lowest BCUT2D eigenvalue weighted by molar-refractivity contribution is -0.384. The van der Waals surface area contributed by atoms with Gasteiger partial charge in [-0.2, -0.15) is 0 Å². The Morgan fingerprint density at radius 3 is 2.46 bits per heavy atom. The van der Waals surface area contributed by atoms with E-state index >= 15 is 0 Å². The SMILES string of the molecule is COc1ccc(Cc2ccccc2CO)cc1-c1cccc([N+](=O)[O-])c1. The lowest BCUT2D eigenvalue weighted by atomic mass is 9.96. The Kier molecular flexibility index (Phi) is 5.29. The van der Waals surface area contributed by atoms with Crippen molar-refractivity contribution in [2.24, 2.45) is 0 Å². The number of methoxy groups -OCH3 is 1. The van der Waals surface area contributed by atoms with Crippen LogP contribution < -0.4 is 4.74 Å². The molecule has 3 rings (SSSR count). The molecular weight excluding hydrogens is 330 g/mol. The molecule has 0 spiro atoms. The molecule has 1 N–H and O–H groups in total. The number of aliphatic hydroxyl groups excluding tert-OH is 1. The summed E-state index contributed by atoms with van der Waals surface area (Å²) in [5.74, 6) is 0.657. The number of ether oxygens (including phenoxy) is 1. The van der Waals surface area contributed by atoms with E-state index in [1.54, 1.807) is 19.2 Å². The molecule has 5 nitrogen and oxygen atoms in total. The van der Waals surface area contributed by atoms with Gasteiger partial charge >= 0.3 is 0 Å². The van der Waals surface area contributed by atoms with Crippen LogP contribution in [0, 0.1) is 10.1 Å². The second-order valence-electron chi connectivity index (χ2n) is 5.95. The quantitative estimate of drug-likeness (QED) is 0.530. The van der Waals surface area contributed by atoms with Crippen molar-refractivity contribution >= 4 is 5.69 Å². The molecule has 0 atom stereocenters. The molecule has 5 heteroatoms. The van der Waals surface area contributed by atoms with Crippen LogP contribution in [-0.2, 0) is 13.0 Å². The number of nitrogens with zero attached hydrogens (tertiary/aromatic N) is 1. The molecular formula is C21H19NO4. The first-order valence-electron chi connectivity index (χ1n) is 8.21. The Morgan fingerprint density at radius 2 is 1.77 bits per heavy atom. The standard InChI is InChI=1S/C21H19NO4/c1-26-21-10-9-15(11-16-5-2-3-6-18(16)14-23)12-20(21)17-7-4-8-19(13-17)22(24)25/h2-10,12-13,23H,11,14H2,1H3. The maximum atomic E-state index is 11.1. The maximum Gasteiger partial charge on any atom is 0.270 e. The van der Waals surface area contributed by atoms with Gasteiger partial charge in [-0.3, -0.25) is 10.1 Å². The number of hydrogen-bond donors (Lipinski definition) is 1. The van der Waals surface area contributed by atoms with Crippen LogP contribution in [0.3, 0.4) is 0 Å². The van der Waals surface area contributed by atoms with Gasteiger partial charge in [0.2, 0.25) is 0 Å². The zero-order valence-electron chi connectivity index (χ0n) is 14.4. The van der Waals surface area contributed by atoms with E-state index in [2.05, 4.69) is 0 Å². The summed E-state index contributed by atoms with van der Waals surface area (Å²) in [7, 11) is 1.58. The number of rotatable bonds is 6. The molecule has 0 amide bonds. The van der Waals surface area contributed by atoms with E-state index in [0.29, 0.717) is 12.2 Å². The van der Waals surface area contributed by atoms with Gasteiger partial charge in [-0.05, 0) is 40.8 Å². The van der Waals surface area contributed by atoms with Crippen LogP contribution in [0.15, 0.2) is 66.7 Å². The lowest BCUT2D eigenvalue weighted by Crippen LogP contribution is -1.97. The summed E-state index contributed by atoms with van der Waals surface area (Å²) >= 11 is 0. The molecule has 0 saturated heterocycles. The molecule has 0 heterocycles. The number of nitro groups is 1. The van der Waals surface area contributed by atoms with Gasteiger partial charge in [0.25, 0.3) is 5.69 Å². The van der Waals surface area contributed by atoms with Crippen molar-refractivity contribution < 1.29 is 14.8 Å². The number of benzene rings is 3. The second kappa shape index (κ2) is 7.80. The van der Waals surface area contributed by atoms with Gasteiger partial charge in [-0.15, -0.1) is 0 Å².